The third kappa shape index (κ3) is 81.2. The second-order valence-corrected chi connectivity index (χ2v) is 30.6. The van der Waals surface area contributed by atoms with E-state index in [1.807, 2.05) is 6.08 Å². The third-order valence-electron chi connectivity index (χ3n) is 21.0. The molecule has 0 rings (SSSR count). The van der Waals surface area contributed by atoms with Gasteiger partial charge in [-0.1, -0.05) is 462 Å². The highest BCUT2D eigenvalue weighted by Crippen LogP contribution is 2.21. The lowest BCUT2D eigenvalue weighted by Crippen LogP contribution is -2.45. The molecule has 0 aliphatic carbocycles. The van der Waals surface area contributed by atoms with Crippen molar-refractivity contribution in [3.63, 3.8) is 0 Å². The summed E-state index contributed by atoms with van der Waals surface area (Å²) in [6.07, 6.45) is 111. The minimum absolute atomic E-state index is 0.0284. The molecule has 564 valence electrons. The minimum atomic E-state index is -0.842. The number of hydrogen-bond donors (Lipinski definition) is 3. The molecule has 2 atom stereocenters. The molecule has 1 amide bonds. The Hall–Kier alpha value is -1.66. The van der Waals surface area contributed by atoms with Crippen LogP contribution in [0.1, 0.15) is 508 Å². The molecule has 0 fully saturated rings. The van der Waals surface area contributed by atoms with Crippen LogP contribution in [0.25, 0.3) is 0 Å². The average molecular weight is 1340 g/mol. The van der Waals surface area contributed by atoms with Gasteiger partial charge in [0.2, 0.25) is 5.91 Å². The van der Waals surface area contributed by atoms with Gasteiger partial charge in [0.1, 0.15) is 0 Å². The third-order valence-corrected chi connectivity index (χ3v) is 21.0. The highest BCUT2D eigenvalue weighted by atomic mass is 16.5. The van der Waals surface area contributed by atoms with E-state index in [0.717, 1.165) is 38.5 Å². The number of aliphatic hydroxyl groups is 2. The van der Waals surface area contributed by atoms with Gasteiger partial charge < -0.3 is 20.3 Å². The van der Waals surface area contributed by atoms with Gasteiger partial charge in [0.25, 0.3) is 0 Å². The number of rotatable bonds is 84. The first-order chi connectivity index (χ1) is 47.0. The van der Waals surface area contributed by atoms with E-state index in [4.69, 9.17) is 4.74 Å². The van der Waals surface area contributed by atoms with E-state index in [-0.39, 0.29) is 18.5 Å². The largest absolute Gasteiger partial charge is 0.466 e. The summed E-state index contributed by atoms with van der Waals surface area (Å²) in [5.74, 6) is -0.0302. The van der Waals surface area contributed by atoms with Gasteiger partial charge in [-0.2, -0.15) is 0 Å². The van der Waals surface area contributed by atoms with Crippen LogP contribution < -0.4 is 5.32 Å². The van der Waals surface area contributed by atoms with Crippen molar-refractivity contribution in [3.05, 3.63) is 24.3 Å². The highest BCUT2D eigenvalue weighted by molar-refractivity contribution is 5.76. The molecule has 2 unspecified atom stereocenters. The fraction of sp³-hybridized carbons (Fsp3) is 0.933. The van der Waals surface area contributed by atoms with Crippen LogP contribution in [0, 0.1) is 0 Å². The molecule has 3 N–H and O–H groups in total. The van der Waals surface area contributed by atoms with E-state index in [0.29, 0.717) is 19.4 Å². The van der Waals surface area contributed by atoms with Crippen molar-refractivity contribution in [2.75, 3.05) is 13.2 Å². The number of aliphatic hydroxyl groups excluding tert-OH is 2. The molecule has 95 heavy (non-hydrogen) atoms. The first-order valence-electron chi connectivity index (χ1n) is 44.1. The quantitative estimate of drug-likeness (QED) is 0.0320. The van der Waals surface area contributed by atoms with Crippen molar-refractivity contribution in [1.82, 2.24) is 5.32 Å². The van der Waals surface area contributed by atoms with Crippen LogP contribution in [0.2, 0.25) is 0 Å². The Kier molecular flexibility index (Phi) is 83.3. The molecule has 0 radical (unpaired) electrons. The Morgan fingerprint density at radius 2 is 0.495 bits per heavy atom. The van der Waals surface area contributed by atoms with Crippen molar-refractivity contribution >= 4 is 11.9 Å². The van der Waals surface area contributed by atoms with Crippen LogP contribution in [-0.2, 0) is 14.3 Å². The van der Waals surface area contributed by atoms with E-state index in [1.54, 1.807) is 6.08 Å². The summed E-state index contributed by atoms with van der Waals surface area (Å²) in [5.41, 5.74) is 0. The predicted octanol–water partition coefficient (Wildman–Crippen LogP) is 29.6. The topological polar surface area (TPSA) is 95.9 Å². The molecular weight excluding hydrogens is 1160 g/mol. The van der Waals surface area contributed by atoms with E-state index in [2.05, 4.69) is 31.3 Å². The zero-order chi connectivity index (χ0) is 68.4. The first kappa shape index (κ1) is 93.3. The summed E-state index contributed by atoms with van der Waals surface area (Å²) >= 11 is 0. The number of unbranched alkanes of at least 4 members (excludes halogenated alkanes) is 71. The smallest absolute Gasteiger partial charge is 0.305 e. The van der Waals surface area contributed by atoms with Gasteiger partial charge in [-0.15, -0.1) is 0 Å². The zero-order valence-electron chi connectivity index (χ0n) is 64.9. The lowest BCUT2D eigenvalue weighted by Gasteiger charge is -2.20. The molecule has 0 aromatic carbocycles. The molecule has 0 aliphatic heterocycles. The number of hydrogen-bond acceptors (Lipinski definition) is 5. The molecular formula is C89H173NO5. The Balaban J connectivity index is 3.32. The number of carbonyl (C=O) groups excluding carboxylic acids is 2. The van der Waals surface area contributed by atoms with Crippen LogP contribution in [0.4, 0.5) is 0 Å². The van der Waals surface area contributed by atoms with E-state index >= 15 is 0 Å². The standard InChI is InChI=1S/C89H173NO5/c1-3-5-7-9-11-13-15-17-19-21-23-46-49-53-57-61-65-69-73-77-81-87(92)86(85-91)90-88(93)82-78-74-70-66-62-58-54-50-47-43-41-39-37-35-33-31-29-27-25-24-26-28-30-32-34-36-38-40-42-44-48-52-56-60-64-68-72-76-80-84-95-89(94)83-79-75-71-67-63-59-55-51-45-22-20-18-16-14-12-10-8-6-4-2/h24-25,77,81,86-87,91-92H,3-23,26-76,78-80,82-85H2,1-2H3,(H,90,93)/b25-24-,81-77+. The molecule has 6 nitrogen and oxygen atoms in total. The van der Waals surface area contributed by atoms with Gasteiger partial charge >= 0.3 is 5.97 Å². The van der Waals surface area contributed by atoms with Crippen LogP contribution in [0.5, 0.6) is 0 Å². The fourth-order valence-corrected chi connectivity index (χ4v) is 14.3. The monoisotopic (exact) mass is 1340 g/mol. The van der Waals surface area contributed by atoms with Crippen molar-refractivity contribution in [2.24, 2.45) is 0 Å². The van der Waals surface area contributed by atoms with Gasteiger partial charge in [0.05, 0.1) is 25.4 Å². The Labute approximate surface area is 596 Å². The van der Waals surface area contributed by atoms with Crippen LogP contribution in [0.15, 0.2) is 24.3 Å². The second-order valence-electron chi connectivity index (χ2n) is 30.6. The minimum Gasteiger partial charge on any atom is -0.466 e. The van der Waals surface area contributed by atoms with E-state index in [1.165, 1.54) is 443 Å². The van der Waals surface area contributed by atoms with Crippen LogP contribution in [0.3, 0.4) is 0 Å². The van der Waals surface area contributed by atoms with Gasteiger partial charge in [-0.25, -0.2) is 0 Å². The van der Waals surface area contributed by atoms with Crippen molar-refractivity contribution < 1.29 is 24.5 Å². The van der Waals surface area contributed by atoms with Crippen molar-refractivity contribution in [2.45, 2.75) is 520 Å². The lowest BCUT2D eigenvalue weighted by molar-refractivity contribution is -0.143. The molecule has 0 aromatic heterocycles. The summed E-state index contributed by atoms with van der Waals surface area (Å²) in [7, 11) is 0. The van der Waals surface area contributed by atoms with Gasteiger partial charge in [0.15, 0.2) is 0 Å². The van der Waals surface area contributed by atoms with Gasteiger partial charge in [0, 0.05) is 12.8 Å². The molecule has 0 saturated heterocycles. The molecule has 0 bridgehead atoms. The Morgan fingerprint density at radius 1 is 0.284 bits per heavy atom. The number of allylic oxidation sites excluding steroid dienone is 3. The maximum absolute atomic E-state index is 12.5. The summed E-state index contributed by atoms with van der Waals surface area (Å²) in [5, 5.41) is 23.3. The second kappa shape index (κ2) is 84.8. The molecule has 0 aliphatic rings. The first-order valence-corrected chi connectivity index (χ1v) is 44.1. The van der Waals surface area contributed by atoms with Gasteiger partial charge in [-0.05, 0) is 57.8 Å². The lowest BCUT2D eigenvalue weighted by atomic mass is 10.0. The van der Waals surface area contributed by atoms with Crippen molar-refractivity contribution in [1.29, 1.82) is 0 Å². The zero-order valence-corrected chi connectivity index (χ0v) is 64.9. The Morgan fingerprint density at radius 3 is 0.747 bits per heavy atom. The maximum atomic E-state index is 12.5. The van der Waals surface area contributed by atoms with E-state index in [9.17, 15) is 19.8 Å². The number of esters is 1. The fourth-order valence-electron chi connectivity index (χ4n) is 14.3. The Bertz CT molecular complexity index is 1500. The van der Waals surface area contributed by atoms with E-state index < -0.39 is 12.1 Å². The molecule has 0 heterocycles. The van der Waals surface area contributed by atoms with Crippen LogP contribution >= 0.6 is 0 Å². The number of nitrogens with one attached hydrogen (secondary N) is 1. The van der Waals surface area contributed by atoms with Crippen molar-refractivity contribution in [3.8, 4) is 0 Å². The summed E-state index contributed by atoms with van der Waals surface area (Å²) in [6.45, 7) is 4.97. The summed E-state index contributed by atoms with van der Waals surface area (Å²) in [6, 6.07) is -0.625. The number of ether oxygens (including phenoxy) is 1. The molecule has 0 spiro atoms. The summed E-state index contributed by atoms with van der Waals surface area (Å²) in [4.78, 5) is 24.7. The molecule has 6 heteroatoms. The molecule has 0 saturated carbocycles. The molecule has 0 aromatic rings. The normalized spacial score (nSPS) is 12.5. The number of amides is 1. The SMILES string of the molecule is CCCCCCCCCCCCCCCCCCCC/C=C/C(O)C(CO)NC(=O)CCCCCCCCCCCCCCCCCCC/C=C\CCCCCCCCCCCCCCCCCCCCOC(=O)CCCCCCCCCCCCCCCCCCCCC. The van der Waals surface area contributed by atoms with Crippen LogP contribution in [-0.4, -0.2) is 47.4 Å². The predicted molar refractivity (Wildman–Crippen MR) is 421 cm³/mol. The average Bonchev–Trinajstić information content (AvgIpc) is 2.90. The highest BCUT2D eigenvalue weighted by Gasteiger charge is 2.18. The summed E-state index contributed by atoms with van der Waals surface area (Å²) < 4.78 is 5.53. The number of carbonyl (C=O) groups is 2. The van der Waals surface area contributed by atoms with Gasteiger partial charge in [-0.3, -0.25) is 9.59 Å². The maximum Gasteiger partial charge on any atom is 0.305 e.